The molecule has 0 saturated heterocycles. The molecule has 3 aromatic rings. The summed E-state index contributed by atoms with van der Waals surface area (Å²) in [5, 5.41) is 3.00. The van der Waals surface area contributed by atoms with Crippen LogP contribution in [0.3, 0.4) is 0 Å². The Bertz CT molecular complexity index is 689. The fourth-order valence-electron chi connectivity index (χ4n) is 2.04. The number of nitrogen functional groups attached to an aromatic ring is 1. The Balaban J connectivity index is 2.22. The number of nitrogens with two attached hydrogens (primary N) is 1. The van der Waals surface area contributed by atoms with E-state index in [4.69, 9.17) is 5.73 Å². The van der Waals surface area contributed by atoms with Gasteiger partial charge in [-0.25, -0.2) is 9.97 Å². The van der Waals surface area contributed by atoms with Crippen LogP contribution in [0.2, 0.25) is 0 Å². The zero-order valence-corrected chi connectivity index (χ0v) is 12.1. The molecule has 2 heterocycles. The van der Waals surface area contributed by atoms with Gasteiger partial charge in [0.2, 0.25) is 5.95 Å². The summed E-state index contributed by atoms with van der Waals surface area (Å²) in [6, 6.07) is 6.04. The van der Waals surface area contributed by atoms with Crippen LogP contribution in [0.1, 0.15) is 18.0 Å². The highest BCUT2D eigenvalue weighted by atomic mass is 79.9. The van der Waals surface area contributed by atoms with E-state index in [0.29, 0.717) is 5.95 Å². The van der Waals surface area contributed by atoms with Gasteiger partial charge in [-0.1, -0.05) is 15.9 Å². The van der Waals surface area contributed by atoms with Crippen molar-refractivity contribution >= 4 is 44.2 Å². The van der Waals surface area contributed by atoms with Crippen molar-refractivity contribution in [3.8, 4) is 0 Å². The normalized spacial score (nSPS) is 13.0. The molecule has 2 N–H and O–H groups in total. The Morgan fingerprint density at radius 2 is 2.28 bits per heavy atom. The van der Waals surface area contributed by atoms with Gasteiger partial charge in [-0.2, -0.15) is 0 Å². The highest BCUT2D eigenvalue weighted by Gasteiger charge is 2.17. The number of aromatic nitrogens is 3. The summed E-state index contributed by atoms with van der Waals surface area (Å²) in [6.07, 6.45) is 1.81. The number of fused-ring (bicyclic) bond motifs is 1. The third kappa shape index (κ3) is 1.81. The maximum absolute atomic E-state index is 6.02. The lowest BCUT2D eigenvalue weighted by Crippen LogP contribution is -2.09. The lowest BCUT2D eigenvalue weighted by Gasteiger charge is -2.13. The van der Waals surface area contributed by atoms with Crippen LogP contribution < -0.4 is 5.73 Å². The SMILES string of the molecule is CC(c1nccs1)n1c(N)nc2ccc(Br)cc21. The molecular formula is C12H11BrN4S. The molecule has 18 heavy (non-hydrogen) atoms. The van der Waals surface area contributed by atoms with Crippen LogP contribution in [0.4, 0.5) is 5.95 Å². The molecule has 6 heteroatoms. The average molecular weight is 323 g/mol. The van der Waals surface area contributed by atoms with E-state index in [1.807, 2.05) is 34.3 Å². The van der Waals surface area contributed by atoms with Crippen LogP contribution in [0.25, 0.3) is 11.0 Å². The molecule has 1 atom stereocenters. The summed E-state index contributed by atoms with van der Waals surface area (Å²) in [4.78, 5) is 8.73. The Hall–Kier alpha value is -1.40. The number of rotatable bonds is 2. The second-order valence-electron chi connectivity index (χ2n) is 4.02. The minimum Gasteiger partial charge on any atom is -0.369 e. The van der Waals surface area contributed by atoms with Crippen molar-refractivity contribution in [3.05, 3.63) is 39.3 Å². The molecule has 92 valence electrons. The van der Waals surface area contributed by atoms with Crippen LogP contribution in [-0.2, 0) is 0 Å². The molecule has 0 fully saturated rings. The van der Waals surface area contributed by atoms with Gasteiger partial charge in [0.1, 0.15) is 5.01 Å². The van der Waals surface area contributed by atoms with Crippen molar-refractivity contribution in [3.63, 3.8) is 0 Å². The van der Waals surface area contributed by atoms with E-state index in [0.717, 1.165) is 20.5 Å². The van der Waals surface area contributed by atoms with Gasteiger partial charge < -0.3 is 10.3 Å². The van der Waals surface area contributed by atoms with E-state index in [1.165, 1.54) is 0 Å². The largest absolute Gasteiger partial charge is 0.369 e. The summed E-state index contributed by atoms with van der Waals surface area (Å²) >= 11 is 5.10. The molecule has 2 aromatic heterocycles. The van der Waals surface area contributed by atoms with Crippen molar-refractivity contribution in [1.29, 1.82) is 0 Å². The zero-order valence-electron chi connectivity index (χ0n) is 9.67. The highest BCUT2D eigenvalue weighted by Crippen LogP contribution is 2.29. The van der Waals surface area contributed by atoms with Crippen molar-refractivity contribution in [2.45, 2.75) is 13.0 Å². The van der Waals surface area contributed by atoms with Crippen LogP contribution in [-0.4, -0.2) is 14.5 Å². The lowest BCUT2D eigenvalue weighted by molar-refractivity contribution is 0.662. The molecule has 0 aliphatic heterocycles. The summed E-state index contributed by atoms with van der Waals surface area (Å²) in [5.41, 5.74) is 7.94. The molecule has 0 radical (unpaired) electrons. The molecule has 0 aliphatic rings. The summed E-state index contributed by atoms with van der Waals surface area (Å²) < 4.78 is 3.03. The molecule has 0 saturated carbocycles. The standard InChI is InChI=1S/C12H11BrN4S/c1-7(11-15-4-5-18-11)17-10-6-8(13)2-3-9(10)16-12(17)14/h2-7H,1H3,(H2,14,16). The number of benzene rings is 1. The monoisotopic (exact) mass is 322 g/mol. The molecule has 4 nitrogen and oxygen atoms in total. The zero-order chi connectivity index (χ0) is 12.7. The quantitative estimate of drug-likeness (QED) is 0.786. The first-order valence-electron chi connectivity index (χ1n) is 5.49. The number of anilines is 1. The Kier molecular flexibility index (Phi) is 2.83. The Labute approximate surface area is 117 Å². The number of nitrogens with zero attached hydrogens (tertiary/aromatic N) is 3. The van der Waals surface area contributed by atoms with Gasteiger partial charge in [0.05, 0.1) is 17.1 Å². The molecule has 0 aliphatic carbocycles. The fourth-order valence-corrected chi connectivity index (χ4v) is 3.08. The first-order valence-corrected chi connectivity index (χ1v) is 7.16. The fraction of sp³-hybridized carbons (Fsp3) is 0.167. The smallest absolute Gasteiger partial charge is 0.201 e. The van der Waals surface area contributed by atoms with Crippen LogP contribution in [0.15, 0.2) is 34.2 Å². The second kappa shape index (κ2) is 4.37. The summed E-state index contributed by atoms with van der Waals surface area (Å²) in [5.74, 6) is 0.519. The minimum absolute atomic E-state index is 0.0873. The maximum atomic E-state index is 6.02. The van der Waals surface area contributed by atoms with E-state index in [1.54, 1.807) is 11.3 Å². The molecule has 1 unspecified atom stereocenters. The predicted molar refractivity (Wildman–Crippen MR) is 77.8 cm³/mol. The third-order valence-electron chi connectivity index (χ3n) is 2.87. The van der Waals surface area contributed by atoms with Crippen molar-refractivity contribution in [1.82, 2.24) is 14.5 Å². The van der Waals surface area contributed by atoms with E-state index >= 15 is 0 Å². The van der Waals surface area contributed by atoms with Gasteiger partial charge in [-0.05, 0) is 25.1 Å². The third-order valence-corrected chi connectivity index (χ3v) is 4.31. The summed E-state index contributed by atoms with van der Waals surface area (Å²) in [6.45, 7) is 2.08. The number of imidazole rings is 1. The number of thiazole rings is 1. The van der Waals surface area contributed by atoms with Crippen LogP contribution in [0, 0.1) is 0 Å². The van der Waals surface area contributed by atoms with Gasteiger partial charge in [0, 0.05) is 16.0 Å². The van der Waals surface area contributed by atoms with Gasteiger partial charge >= 0.3 is 0 Å². The van der Waals surface area contributed by atoms with Gasteiger partial charge in [0.25, 0.3) is 0 Å². The molecule has 3 rings (SSSR count). The molecule has 0 amide bonds. The topological polar surface area (TPSA) is 56.7 Å². The molecule has 0 spiro atoms. The highest BCUT2D eigenvalue weighted by molar-refractivity contribution is 9.10. The van der Waals surface area contributed by atoms with Crippen LogP contribution in [0.5, 0.6) is 0 Å². The molecule has 0 bridgehead atoms. The summed E-state index contributed by atoms with van der Waals surface area (Å²) in [7, 11) is 0. The number of hydrogen-bond acceptors (Lipinski definition) is 4. The Morgan fingerprint density at radius 1 is 1.44 bits per heavy atom. The Morgan fingerprint density at radius 3 is 3.00 bits per heavy atom. The van der Waals surface area contributed by atoms with Crippen LogP contribution >= 0.6 is 27.3 Å². The molecular weight excluding hydrogens is 312 g/mol. The first-order chi connectivity index (χ1) is 8.66. The van der Waals surface area contributed by atoms with Gasteiger partial charge in [-0.3, -0.25) is 0 Å². The minimum atomic E-state index is 0.0873. The van der Waals surface area contributed by atoms with Gasteiger partial charge in [-0.15, -0.1) is 11.3 Å². The van der Waals surface area contributed by atoms with E-state index in [9.17, 15) is 0 Å². The maximum Gasteiger partial charge on any atom is 0.201 e. The number of halogens is 1. The predicted octanol–water partition coefficient (Wildman–Crippen LogP) is 3.45. The van der Waals surface area contributed by atoms with E-state index in [2.05, 4.69) is 32.8 Å². The first kappa shape index (κ1) is 11.7. The van der Waals surface area contributed by atoms with E-state index < -0.39 is 0 Å². The van der Waals surface area contributed by atoms with Gasteiger partial charge in [0.15, 0.2) is 0 Å². The molecule has 1 aromatic carbocycles. The van der Waals surface area contributed by atoms with Crippen molar-refractivity contribution in [2.24, 2.45) is 0 Å². The average Bonchev–Trinajstić information content (AvgIpc) is 2.94. The van der Waals surface area contributed by atoms with Crippen molar-refractivity contribution < 1.29 is 0 Å². The van der Waals surface area contributed by atoms with E-state index in [-0.39, 0.29) is 6.04 Å². The van der Waals surface area contributed by atoms with Crippen molar-refractivity contribution in [2.75, 3.05) is 5.73 Å². The number of hydrogen-bond donors (Lipinski definition) is 1. The lowest BCUT2D eigenvalue weighted by atomic mass is 10.3. The second-order valence-corrected chi connectivity index (χ2v) is 5.86.